The molecule has 1 amide bonds. The van der Waals surface area contributed by atoms with Gasteiger partial charge >= 0.3 is 5.97 Å². The molecule has 1 aliphatic rings. The van der Waals surface area contributed by atoms with Crippen LogP contribution in [0.4, 0.5) is 5.69 Å². The molecular formula is C19H16N2O4. The number of benzene rings is 2. The van der Waals surface area contributed by atoms with Crippen molar-refractivity contribution in [3.63, 3.8) is 0 Å². The number of anilines is 1. The maximum atomic E-state index is 12.4. The monoisotopic (exact) mass is 336 g/mol. The van der Waals surface area contributed by atoms with Crippen molar-refractivity contribution in [2.24, 2.45) is 0 Å². The summed E-state index contributed by atoms with van der Waals surface area (Å²) in [6.07, 6.45) is -0.909. The minimum atomic E-state index is -0.909. The highest BCUT2D eigenvalue weighted by atomic mass is 16.6. The number of rotatable bonds is 3. The third-order valence-electron chi connectivity index (χ3n) is 3.92. The first-order valence-corrected chi connectivity index (χ1v) is 7.78. The molecule has 2 aromatic rings. The molecule has 0 unspecified atom stereocenters. The lowest BCUT2D eigenvalue weighted by Crippen LogP contribution is -2.47. The third-order valence-corrected chi connectivity index (χ3v) is 3.92. The molecule has 126 valence electrons. The molecule has 0 saturated heterocycles. The third kappa shape index (κ3) is 3.45. The Morgan fingerprint density at radius 1 is 1.24 bits per heavy atom. The number of carbonyl (C=O) groups is 2. The van der Waals surface area contributed by atoms with E-state index in [4.69, 9.17) is 14.7 Å². The van der Waals surface area contributed by atoms with Gasteiger partial charge in [-0.05, 0) is 18.2 Å². The second kappa shape index (κ2) is 7.05. The zero-order valence-corrected chi connectivity index (χ0v) is 13.6. The van der Waals surface area contributed by atoms with E-state index in [-0.39, 0.29) is 19.1 Å². The second-order valence-electron chi connectivity index (χ2n) is 5.58. The van der Waals surface area contributed by atoms with Crippen LogP contribution in [0.25, 0.3) is 0 Å². The predicted octanol–water partition coefficient (Wildman–Crippen LogP) is 2.42. The van der Waals surface area contributed by atoms with Gasteiger partial charge in [-0.25, -0.2) is 4.79 Å². The summed E-state index contributed by atoms with van der Waals surface area (Å²) in [7, 11) is 0. The lowest BCUT2D eigenvalue weighted by molar-refractivity contribution is -0.153. The van der Waals surface area contributed by atoms with Crippen LogP contribution in [0.15, 0.2) is 48.5 Å². The first-order valence-electron chi connectivity index (χ1n) is 7.78. The van der Waals surface area contributed by atoms with E-state index in [1.54, 1.807) is 48.5 Å². The van der Waals surface area contributed by atoms with Gasteiger partial charge in [0, 0.05) is 12.5 Å². The molecule has 0 spiro atoms. The van der Waals surface area contributed by atoms with Crippen molar-refractivity contribution in [1.29, 1.82) is 5.26 Å². The SMILES string of the molecule is CC(=O)N1C[C@@H](C(=O)OCc2ccccc2C#N)Oc2ccccc21. The van der Waals surface area contributed by atoms with E-state index in [2.05, 4.69) is 6.07 Å². The van der Waals surface area contributed by atoms with E-state index >= 15 is 0 Å². The average molecular weight is 336 g/mol. The van der Waals surface area contributed by atoms with Crippen LogP contribution in [0.2, 0.25) is 0 Å². The first-order chi connectivity index (χ1) is 12.1. The number of esters is 1. The van der Waals surface area contributed by atoms with Gasteiger partial charge in [0.05, 0.1) is 23.9 Å². The smallest absolute Gasteiger partial charge is 0.349 e. The van der Waals surface area contributed by atoms with Crippen molar-refractivity contribution in [2.45, 2.75) is 19.6 Å². The Morgan fingerprint density at radius 2 is 1.96 bits per heavy atom. The van der Waals surface area contributed by atoms with E-state index in [9.17, 15) is 9.59 Å². The Hall–Kier alpha value is -3.33. The number of ether oxygens (including phenoxy) is 2. The van der Waals surface area contributed by atoms with Crippen molar-refractivity contribution in [3.8, 4) is 11.8 Å². The lowest BCUT2D eigenvalue weighted by Gasteiger charge is -2.33. The fourth-order valence-electron chi connectivity index (χ4n) is 2.65. The standard InChI is InChI=1S/C19H16N2O4/c1-13(22)21-11-18(25-17-9-5-4-8-16(17)21)19(23)24-12-15-7-3-2-6-14(15)10-20/h2-9,18H,11-12H2,1H3/t18-/m0/s1. The molecule has 0 radical (unpaired) electrons. The van der Waals surface area contributed by atoms with Gasteiger partial charge in [-0.3, -0.25) is 4.79 Å². The molecule has 25 heavy (non-hydrogen) atoms. The Balaban J connectivity index is 1.73. The summed E-state index contributed by atoms with van der Waals surface area (Å²) in [6.45, 7) is 1.50. The van der Waals surface area contributed by atoms with Crippen LogP contribution in [0.3, 0.4) is 0 Å². The number of amides is 1. The average Bonchev–Trinajstić information content (AvgIpc) is 2.65. The first kappa shape index (κ1) is 16.5. The Labute approximate surface area is 145 Å². The minimum Gasteiger partial charge on any atom is -0.475 e. The van der Waals surface area contributed by atoms with Crippen LogP contribution in [0.5, 0.6) is 5.75 Å². The van der Waals surface area contributed by atoms with Crippen LogP contribution in [0, 0.1) is 11.3 Å². The molecule has 0 saturated carbocycles. The minimum absolute atomic E-state index is 0.0237. The topological polar surface area (TPSA) is 79.6 Å². The van der Waals surface area contributed by atoms with Gasteiger partial charge in [0.1, 0.15) is 12.4 Å². The molecule has 1 heterocycles. The van der Waals surface area contributed by atoms with Gasteiger partial charge in [-0.15, -0.1) is 0 Å². The fourth-order valence-corrected chi connectivity index (χ4v) is 2.65. The summed E-state index contributed by atoms with van der Waals surface area (Å²) in [4.78, 5) is 25.7. The molecule has 0 bridgehead atoms. The highest BCUT2D eigenvalue weighted by molar-refractivity contribution is 5.95. The normalized spacial score (nSPS) is 15.5. The molecule has 0 fully saturated rings. The maximum absolute atomic E-state index is 12.4. The summed E-state index contributed by atoms with van der Waals surface area (Å²) in [5.41, 5.74) is 1.71. The largest absolute Gasteiger partial charge is 0.475 e. The van der Waals surface area contributed by atoms with E-state index in [1.807, 2.05) is 0 Å². The molecule has 1 aliphatic heterocycles. The summed E-state index contributed by atoms with van der Waals surface area (Å²) in [5.74, 6) is -0.291. The van der Waals surface area contributed by atoms with Crippen LogP contribution in [-0.2, 0) is 20.9 Å². The molecule has 6 heteroatoms. The summed E-state index contributed by atoms with van der Waals surface area (Å²) in [5, 5.41) is 9.08. The quantitative estimate of drug-likeness (QED) is 0.804. The number of nitriles is 1. The van der Waals surface area contributed by atoms with Gasteiger partial charge < -0.3 is 14.4 Å². The van der Waals surface area contributed by atoms with Gasteiger partial charge in [0.2, 0.25) is 12.0 Å². The second-order valence-corrected chi connectivity index (χ2v) is 5.58. The number of nitrogens with zero attached hydrogens (tertiary/aromatic N) is 2. The van der Waals surface area contributed by atoms with Crippen molar-refractivity contribution in [1.82, 2.24) is 0 Å². The summed E-state index contributed by atoms with van der Waals surface area (Å²) in [6, 6.07) is 16.0. The Morgan fingerprint density at radius 3 is 2.72 bits per heavy atom. The zero-order valence-electron chi connectivity index (χ0n) is 13.6. The molecule has 2 aromatic carbocycles. The molecule has 0 aliphatic carbocycles. The van der Waals surface area contributed by atoms with E-state index < -0.39 is 12.1 Å². The zero-order chi connectivity index (χ0) is 17.8. The van der Waals surface area contributed by atoms with Crippen molar-refractivity contribution in [2.75, 3.05) is 11.4 Å². The van der Waals surface area contributed by atoms with Gasteiger partial charge in [0.25, 0.3) is 0 Å². The van der Waals surface area contributed by atoms with Gasteiger partial charge in [-0.1, -0.05) is 30.3 Å². The Bertz CT molecular complexity index is 856. The van der Waals surface area contributed by atoms with Crippen LogP contribution in [0.1, 0.15) is 18.1 Å². The number of carbonyl (C=O) groups excluding carboxylic acids is 2. The van der Waals surface area contributed by atoms with Crippen LogP contribution < -0.4 is 9.64 Å². The number of fused-ring (bicyclic) bond motifs is 1. The van der Waals surface area contributed by atoms with E-state index in [0.717, 1.165) is 0 Å². The molecule has 1 atom stereocenters. The van der Waals surface area contributed by atoms with Crippen LogP contribution in [-0.4, -0.2) is 24.5 Å². The highest BCUT2D eigenvalue weighted by Crippen LogP contribution is 2.33. The molecule has 0 N–H and O–H groups in total. The van der Waals surface area contributed by atoms with E-state index in [1.165, 1.54) is 11.8 Å². The Kier molecular flexibility index (Phi) is 4.66. The molecular weight excluding hydrogens is 320 g/mol. The fraction of sp³-hybridized carbons (Fsp3) is 0.211. The summed E-state index contributed by atoms with van der Waals surface area (Å²) >= 11 is 0. The molecule has 3 rings (SSSR count). The maximum Gasteiger partial charge on any atom is 0.349 e. The lowest BCUT2D eigenvalue weighted by atomic mass is 10.1. The van der Waals surface area contributed by atoms with Crippen molar-refractivity contribution in [3.05, 3.63) is 59.7 Å². The van der Waals surface area contributed by atoms with Crippen molar-refractivity contribution >= 4 is 17.6 Å². The van der Waals surface area contributed by atoms with E-state index in [0.29, 0.717) is 22.6 Å². The highest BCUT2D eigenvalue weighted by Gasteiger charge is 2.33. The number of para-hydroxylation sites is 2. The summed E-state index contributed by atoms with van der Waals surface area (Å²) < 4.78 is 11.0. The van der Waals surface area contributed by atoms with Crippen LogP contribution >= 0.6 is 0 Å². The van der Waals surface area contributed by atoms with Gasteiger partial charge in [0.15, 0.2) is 0 Å². The predicted molar refractivity (Wildman–Crippen MR) is 89.8 cm³/mol. The van der Waals surface area contributed by atoms with Gasteiger partial charge in [-0.2, -0.15) is 5.26 Å². The number of hydrogen-bond donors (Lipinski definition) is 0. The number of hydrogen-bond acceptors (Lipinski definition) is 5. The van der Waals surface area contributed by atoms with Crippen molar-refractivity contribution < 1.29 is 19.1 Å². The molecule has 0 aromatic heterocycles. The molecule has 6 nitrogen and oxygen atoms in total.